The monoisotopic (exact) mass is 450 g/mol. The van der Waals surface area contributed by atoms with Gasteiger partial charge in [-0.25, -0.2) is 4.68 Å². The van der Waals surface area contributed by atoms with E-state index in [1.807, 2.05) is 43.0 Å². The number of nitrogens with zero attached hydrogens (tertiary/aromatic N) is 5. The standard InChI is InChI=1S/C24H31N7O2/c1-29(2)20-8-6-18(7-9-20)22(30-14-12-19(13-15-30)23(25)32)24-26-27-28-31(24)16-17-4-10-21(33-3)11-5-17/h4-11,19,22H,12-16H2,1-3H3,(H2,25,32)/p+1/t22-/m0/s1. The van der Waals surface area contributed by atoms with Gasteiger partial charge in [-0.1, -0.05) is 24.3 Å². The van der Waals surface area contributed by atoms with E-state index < -0.39 is 0 Å². The fourth-order valence-corrected chi connectivity index (χ4v) is 4.53. The summed E-state index contributed by atoms with van der Waals surface area (Å²) in [6, 6.07) is 16.4. The number of rotatable bonds is 8. The quantitative estimate of drug-likeness (QED) is 0.523. The fourth-order valence-electron chi connectivity index (χ4n) is 4.53. The van der Waals surface area contributed by atoms with Crippen molar-refractivity contribution in [1.82, 2.24) is 20.2 Å². The van der Waals surface area contributed by atoms with Gasteiger partial charge in [-0.2, -0.15) is 0 Å². The Morgan fingerprint density at radius 3 is 2.39 bits per heavy atom. The van der Waals surface area contributed by atoms with Gasteiger partial charge in [0.2, 0.25) is 11.7 Å². The molecule has 1 aromatic heterocycles. The number of carbonyl (C=O) groups excluding carboxylic acids is 1. The van der Waals surface area contributed by atoms with Crippen LogP contribution in [0.15, 0.2) is 48.5 Å². The number of amides is 1. The van der Waals surface area contributed by atoms with Crippen LogP contribution in [0.2, 0.25) is 0 Å². The Morgan fingerprint density at radius 1 is 1.15 bits per heavy atom. The highest BCUT2D eigenvalue weighted by Gasteiger charge is 2.36. The van der Waals surface area contributed by atoms with E-state index in [4.69, 9.17) is 10.5 Å². The average Bonchev–Trinajstić information content (AvgIpc) is 3.28. The van der Waals surface area contributed by atoms with Gasteiger partial charge in [0, 0.05) is 44.1 Å². The highest BCUT2D eigenvalue weighted by Crippen LogP contribution is 2.23. The number of ether oxygens (including phenoxy) is 1. The molecule has 1 amide bonds. The largest absolute Gasteiger partial charge is 0.497 e. The Bertz CT molecular complexity index is 1060. The van der Waals surface area contributed by atoms with Crippen molar-refractivity contribution in [3.05, 3.63) is 65.5 Å². The number of benzene rings is 2. The highest BCUT2D eigenvalue weighted by atomic mass is 16.5. The van der Waals surface area contributed by atoms with E-state index >= 15 is 0 Å². The van der Waals surface area contributed by atoms with Crippen LogP contribution in [0, 0.1) is 5.92 Å². The molecule has 1 atom stereocenters. The van der Waals surface area contributed by atoms with Crippen LogP contribution in [-0.4, -0.2) is 60.4 Å². The molecule has 0 bridgehead atoms. The van der Waals surface area contributed by atoms with E-state index in [0.717, 1.165) is 54.3 Å². The van der Waals surface area contributed by atoms with E-state index in [2.05, 4.69) is 44.7 Å². The first-order chi connectivity index (χ1) is 16.0. The third-order valence-electron chi connectivity index (χ3n) is 6.49. The molecule has 0 unspecified atom stereocenters. The summed E-state index contributed by atoms with van der Waals surface area (Å²) in [5, 5.41) is 12.8. The Kier molecular flexibility index (Phi) is 6.88. The minimum absolute atomic E-state index is 0.0386. The topological polar surface area (TPSA) is 104 Å². The molecule has 3 N–H and O–H groups in total. The summed E-state index contributed by atoms with van der Waals surface area (Å²) in [6.45, 7) is 2.24. The Morgan fingerprint density at radius 2 is 1.82 bits per heavy atom. The van der Waals surface area contributed by atoms with Crippen molar-refractivity contribution < 1.29 is 14.4 Å². The maximum Gasteiger partial charge on any atom is 0.220 e. The number of aromatic nitrogens is 4. The lowest BCUT2D eigenvalue weighted by Gasteiger charge is -2.33. The molecule has 0 spiro atoms. The predicted octanol–water partition coefficient (Wildman–Crippen LogP) is 0.666. The number of quaternary nitrogens is 1. The summed E-state index contributed by atoms with van der Waals surface area (Å²) in [6.07, 6.45) is 1.55. The van der Waals surface area contributed by atoms with E-state index in [-0.39, 0.29) is 17.9 Å². The lowest BCUT2D eigenvalue weighted by Crippen LogP contribution is -3.13. The molecule has 1 aliphatic rings. The third-order valence-corrected chi connectivity index (χ3v) is 6.49. The van der Waals surface area contributed by atoms with Crippen molar-refractivity contribution in [3.63, 3.8) is 0 Å². The Labute approximate surface area is 194 Å². The maximum atomic E-state index is 11.7. The summed E-state index contributed by atoms with van der Waals surface area (Å²) < 4.78 is 7.14. The van der Waals surface area contributed by atoms with Gasteiger partial charge < -0.3 is 20.3 Å². The minimum Gasteiger partial charge on any atom is -0.497 e. The molecule has 1 saturated heterocycles. The zero-order valence-electron chi connectivity index (χ0n) is 19.4. The van der Waals surface area contributed by atoms with Gasteiger partial charge in [0.1, 0.15) is 5.75 Å². The Balaban J connectivity index is 1.65. The number of likely N-dealkylation sites (tertiary alicyclic amines) is 1. The summed E-state index contributed by atoms with van der Waals surface area (Å²) in [4.78, 5) is 15.1. The number of piperidine rings is 1. The van der Waals surface area contributed by atoms with Crippen LogP contribution in [0.3, 0.4) is 0 Å². The van der Waals surface area contributed by atoms with Gasteiger partial charge >= 0.3 is 0 Å². The van der Waals surface area contributed by atoms with E-state index in [1.54, 1.807) is 7.11 Å². The van der Waals surface area contributed by atoms with Crippen LogP contribution >= 0.6 is 0 Å². The van der Waals surface area contributed by atoms with Crippen molar-refractivity contribution in [2.24, 2.45) is 11.7 Å². The SMILES string of the molecule is COc1ccc(Cn2nnnc2[C@H](c2ccc(N(C)C)cc2)[NH+]2CCC(C(N)=O)CC2)cc1. The minimum atomic E-state index is -0.203. The second-order valence-electron chi connectivity index (χ2n) is 8.80. The molecule has 9 nitrogen and oxygen atoms in total. The molecule has 2 heterocycles. The molecule has 1 fully saturated rings. The smallest absolute Gasteiger partial charge is 0.220 e. The number of anilines is 1. The van der Waals surface area contributed by atoms with Gasteiger partial charge in [0.05, 0.1) is 26.7 Å². The zero-order valence-corrected chi connectivity index (χ0v) is 19.4. The molecule has 33 heavy (non-hydrogen) atoms. The second-order valence-corrected chi connectivity index (χ2v) is 8.80. The molecular weight excluding hydrogens is 418 g/mol. The number of tetrazole rings is 1. The fraction of sp³-hybridized carbons (Fsp3) is 0.417. The summed E-state index contributed by atoms with van der Waals surface area (Å²) in [7, 11) is 5.72. The molecule has 174 valence electrons. The van der Waals surface area contributed by atoms with E-state index in [1.165, 1.54) is 4.90 Å². The number of primary amides is 1. The van der Waals surface area contributed by atoms with Crippen molar-refractivity contribution in [2.75, 3.05) is 39.2 Å². The highest BCUT2D eigenvalue weighted by molar-refractivity contribution is 5.76. The molecule has 0 saturated carbocycles. The average molecular weight is 451 g/mol. The van der Waals surface area contributed by atoms with Gasteiger partial charge in [0.25, 0.3) is 0 Å². The van der Waals surface area contributed by atoms with Crippen molar-refractivity contribution in [3.8, 4) is 5.75 Å². The lowest BCUT2D eigenvalue weighted by atomic mass is 9.93. The number of methoxy groups -OCH3 is 1. The van der Waals surface area contributed by atoms with Crippen molar-refractivity contribution in [1.29, 1.82) is 0 Å². The van der Waals surface area contributed by atoms with Gasteiger partial charge in [-0.3, -0.25) is 4.79 Å². The summed E-state index contributed by atoms with van der Waals surface area (Å²) in [5.41, 5.74) is 8.95. The predicted molar refractivity (Wildman–Crippen MR) is 125 cm³/mol. The third kappa shape index (κ3) is 5.14. The molecule has 2 aromatic carbocycles. The first-order valence-electron chi connectivity index (χ1n) is 11.3. The van der Waals surface area contributed by atoms with Crippen LogP contribution in [0.1, 0.15) is 35.8 Å². The van der Waals surface area contributed by atoms with Gasteiger partial charge in [0.15, 0.2) is 6.04 Å². The van der Waals surface area contributed by atoms with Crippen LogP contribution in [0.5, 0.6) is 5.75 Å². The molecule has 3 aromatic rings. The zero-order chi connectivity index (χ0) is 23.4. The number of nitrogens with two attached hydrogens (primary N) is 1. The number of hydrogen-bond acceptors (Lipinski definition) is 6. The van der Waals surface area contributed by atoms with Crippen LogP contribution in [-0.2, 0) is 11.3 Å². The normalized spacial score (nSPS) is 19.1. The number of nitrogens with one attached hydrogen (secondary N) is 1. The molecule has 4 rings (SSSR count). The second kappa shape index (κ2) is 9.99. The molecule has 0 aliphatic carbocycles. The van der Waals surface area contributed by atoms with Crippen LogP contribution < -0.4 is 20.3 Å². The maximum absolute atomic E-state index is 11.7. The number of carbonyl (C=O) groups is 1. The first-order valence-corrected chi connectivity index (χ1v) is 11.3. The van der Waals surface area contributed by atoms with Crippen LogP contribution in [0.4, 0.5) is 5.69 Å². The molecule has 1 aliphatic heterocycles. The first kappa shape index (κ1) is 22.7. The van der Waals surface area contributed by atoms with Gasteiger partial charge in [-0.15, -0.1) is 5.10 Å². The lowest BCUT2D eigenvalue weighted by molar-refractivity contribution is -0.931. The summed E-state index contributed by atoms with van der Waals surface area (Å²) in [5.74, 6) is 1.37. The Hall–Kier alpha value is -3.46. The molecular formula is C24H32N7O2+. The van der Waals surface area contributed by atoms with Crippen LogP contribution in [0.25, 0.3) is 0 Å². The molecule has 0 radical (unpaired) electrons. The van der Waals surface area contributed by atoms with Crippen molar-refractivity contribution in [2.45, 2.75) is 25.4 Å². The van der Waals surface area contributed by atoms with Gasteiger partial charge in [-0.05, 0) is 40.3 Å². The number of hydrogen-bond donors (Lipinski definition) is 2. The van der Waals surface area contributed by atoms with Crippen molar-refractivity contribution >= 4 is 11.6 Å². The van der Waals surface area contributed by atoms with E-state index in [0.29, 0.717) is 6.54 Å². The van der Waals surface area contributed by atoms with E-state index in [9.17, 15) is 4.79 Å². The summed E-state index contributed by atoms with van der Waals surface area (Å²) >= 11 is 0. The molecule has 9 heteroatoms.